The molecule has 0 aliphatic carbocycles. The lowest BCUT2D eigenvalue weighted by Gasteiger charge is -2.12. The number of ether oxygens (including phenoxy) is 1. The minimum absolute atomic E-state index is 0.000377. The van der Waals surface area contributed by atoms with Gasteiger partial charge in [-0.25, -0.2) is 17.5 Å². The predicted molar refractivity (Wildman–Crippen MR) is 92.9 cm³/mol. The molecule has 0 aliphatic heterocycles. The topological polar surface area (TPSA) is 63.7 Å². The molecular weight excluding hydrogens is 373 g/mol. The molecule has 0 amide bonds. The SMILES string of the molecule is CN(C)S(=O)(=O)c1cccc(C(=O)OCc2ccc(Cl)c(Cl)c2)c1. The predicted octanol–water partition coefficient (Wildman–Crippen LogP) is 3.60. The van der Waals surface area contributed by atoms with Crippen LogP contribution in [0.4, 0.5) is 0 Å². The lowest BCUT2D eigenvalue weighted by Crippen LogP contribution is -2.22. The van der Waals surface area contributed by atoms with E-state index in [1.807, 2.05) is 0 Å². The van der Waals surface area contributed by atoms with Gasteiger partial charge in [0.05, 0.1) is 20.5 Å². The van der Waals surface area contributed by atoms with E-state index >= 15 is 0 Å². The Bertz CT molecular complexity index is 866. The minimum atomic E-state index is -3.62. The number of esters is 1. The van der Waals surface area contributed by atoms with Gasteiger partial charge in [-0.05, 0) is 35.9 Å². The van der Waals surface area contributed by atoms with Crippen LogP contribution < -0.4 is 0 Å². The van der Waals surface area contributed by atoms with Gasteiger partial charge in [0, 0.05) is 14.1 Å². The first-order valence-corrected chi connectivity index (χ1v) is 9.05. The van der Waals surface area contributed by atoms with Crippen molar-refractivity contribution < 1.29 is 17.9 Å². The van der Waals surface area contributed by atoms with Crippen molar-refractivity contribution in [3.63, 3.8) is 0 Å². The normalized spacial score (nSPS) is 11.5. The maximum absolute atomic E-state index is 12.1. The summed E-state index contributed by atoms with van der Waals surface area (Å²) in [5.74, 6) is -0.628. The average Bonchev–Trinajstić information content (AvgIpc) is 2.55. The van der Waals surface area contributed by atoms with Gasteiger partial charge in [-0.1, -0.05) is 35.3 Å². The molecule has 0 atom stereocenters. The van der Waals surface area contributed by atoms with Crippen LogP contribution in [0.2, 0.25) is 10.0 Å². The molecule has 0 saturated carbocycles. The first kappa shape index (κ1) is 18.7. The molecule has 2 aromatic rings. The fourth-order valence-corrected chi connectivity index (χ4v) is 3.12. The Morgan fingerprint density at radius 1 is 1.08 bits per heavy atom. The third-order valence-corrected chi connectivity index (χ3v) is 5.75. The number of halogens is 2. The summed E-state index contributed by atoms with van der Waals surface area (Å²) in [6.45, 7) is 0.000377. The Labute approximate surface area is 150 Å². The van der Waals surface area contributed by atoms with Crippen LogP contribution in [0, 0.1) is 0 Å². The van der Waals surface area contributed by atoms with Gasteiger partial charge in [-0.2, -0.15) is 0 Å². The van der Waals surface area contributed by atoms with Crippen LogP contribution in [-0.4, -0.2) is 32.8 Å². The molecule has 0 N–H and O–H groups in total. The molecule has 0 fully saturated rings. The van der Waals surface area contributed by atoms with Crippen LogP contribution in [0.25, 0.3) is 0 Å². The number of rotatable bonds is 5. The van der Waals surface area contributed by atoms with Gasteiger partial charge in [0.1, 0.15) is 6.61 Å². The summed E-state index contributed by atoms with van der Waals surface area (Å²) in [5, 5.41) is 0.776. The molecule has 8 heteroatoms. The lowest BCUT2D eigenvalue weighted by atomic mass is 10.2. The fraction of sp³-hybridized carbons (Fsp3) is 0.188. The molecule has 0 radical (unpaired) electrons. The molecule has 0 saturated heterocycles. The Morgan fingerprint density at radius 2 is 1.79 bits per heavy atom. The number of nitrogens with zero attached hydrogens (tertiary/aromatic N) is 1. The van der Waals surface area contributed by atoms with Crippen molar-refractivity contribution in [1.82, 2.24) is 4.31 Å². The number of carbonyl (C=O) groups excluding carboxylic acids is 1. The van der Waals surface area contributed by atoms with E-state index in [4.69, 9.17) is 27.9 Å². The van der Waals surface area contributed by atoms with Crippen molar-refractivity contribution in [3.8, 4) is 0 Å². The number of sulfonamides is 1. The second-order valence-electron chi connectivity index (χ2n) is 5.14. The quantitative estimate of drug-likeness (QED) is 0.735. The third kappa shape index (κ3) is 4.27. The van der Waals surface area contributed by atoms with E-state index in [-0.39, 0.29) is 17.1 Å². The van der Waals surface area contributed by atoms with Crippen molar-refractivity contribution in [2.75, 3.05) is 14.1 Å². The summed E-state index contributed by atoms with van der Waals surface area (Å²) in [6, 6.07) is 10.6. The molecule has 0 heterocycles. The van der Waals surface area contributed by atoms with Crippen LogP contribution in [0.15, 0.2) is 47.4 Å². The van der Waals surface area contributed by atoms with Gasteiger partial charge >= 0.3 is 5.97 Å². The maximum Gasteiger partial charge on any atom is 0.338 e. The molecule has 0 aliphatic rings. The van der Waals surface area contributed by atoms with E-state index < -0.39 is 16.0 Å². The molecule has 0 spiro atoms. The van der Waals surface area contributed by atoms with Crippen LogP contribution in [0.3, 0.4) is 0 Å². The third-order valence-electron chi connectivity index (χ3n) is 3.20. The summed E-state index contributed by atoms with van der Waals surface area (Å²) in [4.78, 5) is 12.2. The van der Waals surface area contributed by atoms with E-state index in [9.17, 15) is 13.2 Å². The smallest absolute Gasteiger partial charge is 0.338 e. The summed E-state index contributed by atoms with van der Waals surface area (Å²) < 4.78 is 30.5. The lowest BCUT2D eigenvalue weighted by molar-refractivity contribution is 0.0472. The highest BCUT2D eigenvalue weighted by Crippen LogP contribution is 2.23. The van der Waals surface area contributed by atoms with Gasteiger partial charge in [-0.15, -0.1) is 0 Å². The van der Waals surface area contributed by atoms with Gasteiger partial charge in [0.2, 0.25) is 10.0 Å². The van der Waals surface area contributed by atoms with E-state index in [0.717, 1.165) is 4.31 Å². The molecular formula is C16H15Cl2NO4S. The largest absolute Gasteiger partial charge is 0.457 e. The number of hydrogen-bond donors (Lipinski definition) is 0. The standard InChI is InChI=1S/C16H15Cl2NO4S/c1-19(2)24(21,22)13-5-3-4-12(9-13)16(20)23-10-11-6-7-14(17)15(18)8-11/h3-9H,10H2,1-2H3. The molecule has 2 aromatic carbocycles. The van der Waals surface area contributed by atoms with E-state index in [2.05, 4.69) is 0 Å². The van der Waals surface area contributed by atoms with Gasteiger partial charge in [0.25, 0.3) is 0 Å². The molecule has 5 nitrogen and oxygen atoms in total. The second kappa shape index (κ2) is 7.53. The highest BCUT2D eigenvalue weighted by atomic mass is 35.5. The Hall–Kier alpha value is -1.60. The summed E-state index contributed by atoms with van der Waals surface area (Å²) >= 11 is 11.7. The first-order valence-electron chi connectivity index (χ1n) is 6.85. The first-order chi connectivity index (χ1) is 11.2. The molecule has 24 heavy (non-hydrogen) atoms. The number of benzene rings is 2. The highest BCUT2D eigenvalue weighted by Gasteiger charge is 2.19. The Balaban J connectivity index is 2.14. The molecule has 0 bridgehead atoms. The van der Waals surface area contributed by atoms with E-state index in [0.29, 0.717) is 15.6 Å². The summed E-state index contributed by atoms with van der Waals surface area (Å²) in [6.07, 6.45) is 0. The second-order valence-corrected chi connectivity index (χ2v) is 8.11. The van der Waals surface area contributed by atoms with Crippen LogP contribution in [0.1, 0.15) is 15.9 Å². The van der Waals surface area contributed by atoms with Crippen molar-refractivity contribution in [2.24, 2.45) is 0 Å². The van der Waals surface area contributed by atoms with Crippen molar-refractivity contribution in [3.05, 3.63) is 63.6 Å². The van der Waals surface area contributed by atoms with E-state index in [1.54, 1.807) is 18.2 Å². The summed E-state index contributed by atoms with van der Waals surface area (Å²) in [7, 11) is -0.774. The fourth-order valence-electron chi connectivity index (χ4n) is 1.86. The van der Waals surface area contributed by atoms with Gasteiger partial charge < -0.3 is 4.74 Å². The van der Waals surface area contributed by atoms with Crippen molar-refractivity contribution in [1.29, 1.82) is 0 Å². The van der Waals surface area contributed by atoms with Gasteiger partial charge in [0.15, 0.2) is 0 Å². The minimum Gasteiger partial charge on any atom is -0.457 e. The maximum atomic E-state index is 12.1. The molecule has 2 rings (SSSR count). The van der Waals surface area contributed by atoms with Crippen LogP contribution in [-0.2, 0) is 21.4 Å². The highest BCUT2D eigenvalue weighted by molar-refractivity contribution is 7.89. The van der Waals surface area contributed by atoms with Crippen LogP contribution in [0.5, 0.6) is 0 Å². The molecule has 128 valence electrons. The Morgan fingerprint density at radius 3 is 2.42 bits per heavy atom. The Kier molecular flexibility index (Phi) is 5.87. The van der Waals surface area contributed by atoms with Crippen molar-refractivity contribution >= 4 is 39.2 Å². The molecule has 0 aromatic heterocycles. The number of hydrogen-bond acceptors (Lipinski definition) is 4. The average molecular weight is 388 g/mol. The monoisotopic (exact) mass is 387 g/mol. The van der Waals surface area contributed by atoms with Gasteiger partial charge in [-0.3, -0.25) is 0 Å². The van der Waals surface area contributed by atoms with Crippen LogP contribution >= 0.6 is 23.2 Å². The van der Waals surface area contributed by atoms with Crippen molar-refractivity contribution in [2.45, 2.75) is 11.5 Å². The van der Waals surface area contributed by atoms with E-state index in [1.165, 1.54) is 38.4 Å². The zero-order chi connectivity index (χ0) is 17.9. The molecule has 0 unspecified atom stereocenters. The number of carbonyl (C=O) groups is 1. The summed E-state index contributed by atoms with van der Waals surface area (Å²) in [5.41, 5.74) is 0.827. The zero-order valence-electron chi connectivity index (χ0n) is 13.0. The zero-order valence-corrected chi connectivity index (χ0v) is 15.3.